The van der Waals surface area contributed by atoms with Crippen LogP contribution in [-0.4, -0.2) is 11.1 Å². The van der Waals surface area contributed by atoms with Crippen LogP contribution in [0.1, 0.15) is 33.6 Å². The van der Waals surface area contributed by atoms with Crippen molar-refractivity contribution in [3.63, 3.8) is 0 Å². The predicted octanol–water partition coefficient (Wildman–Crippen LogP) is 2.95. The Labute approximate surface area is 91.4 Å². The van der Waals surface area contributed by atoms with E-state index >= 15 is 0 Å². The maximum atomic E-state index is 11.2. The summed E-state index contributed by atoms with van der Waals surface area (Å²) in [6, 6.07) is 0. The normalized spacial score (nSPS) is 39.3. The summed E-state index contributed by atoms with van der Waals surface area (Å²) >= 11 is 0. The predicted molar refractivity (Wildman–Crippen MR) is 59.4 cm³/mol. The fourth-order valence-electron chi connectivity index (χ4n) is 3.38. The van der Waals surface area contributed by atoms with Gasteiger partial charge in [0.2, 0.25) is 0 Å². The molecule has 84 valence electrons. The molecule has 0 spiro atoms. The molecule has 2 bridgehead atoms. The van der Waals surface area contributed by atoms with E-state index in [0.29, 0.717) is 17.8 Å². The summed E-state index contributed by atoms with van der Waals surface area (Å²) in [5.41, 5.74) is 1.43. The highest BCUT2D eigenvalue weighted by atomic mass is 16.4. The summed E-state index contributed by atoms with van der Waals surface area (Å²) in [6.45, 7) is 6.59. The maximum absolute atomic E-state index is 11.2. The van der Waals surface area contributed by atoms with Gasteiger partial charge in [-0.15, -0.1) is 0 Å². The van der Waals surface area contributed by atoms with Crippen LogP contribution in [0.25, 0.3) is 0 Å². The van der Waals surface area contributed by atoms with E-state index < -0.39 is 5.97 Å². The highest BCUT2D eigenvalue weighted by Gasteiger charge is 2.45. The second-order valence-electron chi connectivity index (χ2n) is 5.51. The highest BCUT2D eigenvalue weighted by molar-refractivity contribution is 5.71. The van der Waals surface area contributed by atoms with Gasteiger partial charge in [-0.1, -0.05) is 25.5 Å². The standard InChI is InChI=1S/C13H20O2/c1-7(2)10-5-9-6-12(13(14)15)11(10)4-8(9)3/h4,7,9-12H,5-6H2,1-3H3,(H,14,15)/t9-,10?,11+,12+/m0/s1. The Kier molecular flexibility index (Phi) is 2.61. The Morgan fingerprint density at radius 1 is 1.47 bits per heavy atom. The smallest absolute Gasteiger partial charge is 0.307 e. The van der Waals surface area contributed by atoms with E-state index in [-0.39, 0.29) is 11.8 Å². The first-order valence-electron chi connectivity index (χ1n) is 5.91. The molecule has 1 unspecified atom stereocenters. The van der Waals surface area contributed by atoms with E-state index in [2.05, 4.69) is 26.8 Å². The summed E-state index contributed by atoms with van der Waals surface area (Å²) in [5, 5.41) is 9.22. The molecule has 0 aromatic heterocycles. The van der Waals surface area contributed by atoms with Crippen molar-refractivity contribution in [2.45, 2.75) is 33.6 Å². The van der Waals surface area contributed by atoms with Crippen LogP contribution in [-0.2, 0) is 4.79 Å². The number of carboxylic acid groups (broad SMARTS) is 1. The van der Waals surface area contributed by atoms with Crippen LogP contribution in [0.15, 0.2) is 11.6 Å². The minimum atomic E-state index is -0.598. The molecule has 3 aliphatic carbocycles. The topological polar surface area (TPSA) is 37.3 Å². The number of allylic oxidation sites excluding steroid dienone is 2. The van der Waals surface area contributed by atoms with Gasteiger partial charge in [0, 0.05) is 0 Å². The van der Waals surface area contributed by atoms with Gasteiger partial charge < -0.3 is 5.11 Å². The number of fused-ring (bicyclic) bond motifs is 2. The average Bonchev–Trinajstić information content (AvgIpc) is 2.17. The SMILES string of the molecule is CC1=C[C@@H]2C(C(C)C)C[C@H]1C[C@H]2C(=O)O. The van der Waals surface area contributed by atoms with Gasteiger partial charge in [-0.2, -0.15) is 0 Å². The van der Waals surface area contributed by atoms with Crippen molar-refractivity contribution in [2.24, 2.45) is 29.6 Å². The lowest BCUT2D eigenvalue weighted by molar-refractivity contribution is -0.146. The van der Waals surface area contributed by atoms with Gasteiger partial charge in [0.15, 0.2) is 0 Å². The Balaban J connectivity index is 2.28. The molecule has 2 heteroatoms. The van der Waals surface area contributed by atoms with Gasteiger partial charge in [-0.05, 0) is 43.4 Å². The Hall–Kier alpha value is -0.790. The monoisotopic (exact) mass is 208 g/mol. The Morgan fingerprint density at radius 3 is 2.60 bits per heavy atom. The van der Waals surface area contributed by atoms with Crippen molar-refractivity contribution in [3.8, 4) is 0 Å². The number of carboxylic acids is 1. The lowest BCUT2D eigenvalue weighted by Crippen LogP contribution is -2.42. The van der Waals surface area contributed by atoms with Crippen LogP contribution >= 0.6 is 0 Å². The van der Waals surface area contributed by atoms with Crippen LogP contribution in [0, 0.1) is 29.6 Å². The molecule has 0 aromatic rings. The fraction of sp³-hybridized carbons (Fsp3) is 0.769. The first-order chi connectivity index (χ1) is 7.00. The molecule has 0 heterocycles. The second kappa shape index (κ2) is 3.66. The second-order valence-corrected chi connectivity index (χ2v) is 5.51. The number of hydrogen-bond acceptors (Lipinski definition) is 1. The van der Waals surface area contributed by atoms with Crippen molar-refractivity contribution in [3.05, 3.63) is 11.6 Å². The summed E-state index contributed by atoms with van der Waals surface area (Å²) in [6.07, 6.45) is 4.31. The third-order valence-corrected chi connectivity index (χ3v) is 4.33. The summed E-state index contributed by atoms with van der Waals surface area (Å²) < 4.78 is 0. The average molecular weight is 208 g/mol. The number of rotatable bonds is 2. The van der Waals surface area contributed by atoms with Gasteiger partial charge in [-0.3, -0.25) is 4.79 Å². The first kappa shape index (κ1) is 10.7. The molecule has 15 heavy (non-hydrogen) atoms. The number of hydrogen-bond donors (Lipinski definition) is 1. The summed E-state index contributed by atoms with van der Waals surface area (Å²) in [5.74, 6) is 1.27. The molecule has 1 fully saturated rings. The molecule has 1 saturated carbocycles. The van der Waals surface area contributed by atoms with Gasteiger partial charge in [0.05, 0.1) is 5.92 Å². The van der Waals surface area contributed by atoms with Gasteiger partial charge >= 0.3 is 5.97 Å². The van der Waals surface area contributed by atoms with Gasteiger partial charge in [-0.25, -0.2) is 0 Å². The zero-order valence-electron chi connectivity index (χ0n) is 9.73. The van der Waals surface area contributed by atoms with Crippen molar-refractivity contribution in [1.82, 2.24) is 0 Å². The quantitative estimate of drug-likeness (QED) is 0.708. The highest BCUT2D eigenvalue weighted by Crippen LogP contribution is 2.49. The fourth-order valence-corrected chi connectivity index (χ4v) is 3.38. The van der Waals surface area contributed by atoms with Gasteiger partial charge in [0.25, 0.3) is 0 Å². The lowest BCUT2D eigenvalue weighted by Gasteiger charge is -2.46. The van der Waals surface area contributed by atoms with E-state index in [1.807, 2.05) is 0 Å². The molecule has 2 nitrogen and oxygen atoms in total. The molecule has 4 atom stereocenters. The minimum Gasteiger partial charge on any atom is -0.481 e. The lowest BCUT2D eigenvalue weighted by atomic mass is 9.58. The molecule has 0 amide bonds. The van der Waals surface area contributed by atoms with E-state index in [1.54, 1.807) is 0 Å². The van der Waals surface area contributed by atoms with E-state index in [0.717, 1.165) is 6.42 Å². The van der Waals surface area contributed by atoms with E-state index in [1.165, 1.54) is 12.0 Å². The van der Waals surface area contributed by atoms with Crippen LogP contribution < -0.4 is 0 Å². The van der Waals surface area contributed by atoms with E-state index in [9.17, 15) is 9.90 Å². The zero-order valence-corrected chi connectivity index (χ0v) is 9.73. The molecule has 0 aromatic carbocycles. The van der Waals surface area contributed by atoms with Crippen molar-refractivity contribution in [1.29, 1.82) is 0 Å². The zero-order chi connectivity index (χ0) is 11.2. The molecule has 0 radical (unpaired) electrons. The molecule has 0 aliphatic heterocycles. The van der Waals surface area contributed by atoms with Crippen LogP contribution in [0.5, 0.6) is 0 Å². The molecular formula is C13H20O2. The number of carbonyl (C=O) groups is 1. The minimum absolute atomic E-state index is 0.125. The third-order valence-electron chi connectivity index (χ3n) is 4.33. The first-order valence-corrected chi connectivity index (χ1v) is 5.91. The molecule has 1 N–H and O–H groups in total. The summed E-state index contributed by atoms with van der Waals surface area (Å²) in [7, 11) is 0. The summed E-state index contributed by atoms with van der Waals surface area (Å²) in [4.78, 5) is 11.2. The Bertz CT molecular complexity index is 304. The van der Waals surface area contributed by atoms with Crippen molar-refractivity contribution < 1.29 is 9.90 Å². The Morgan fingerprint density at radius 2 is 2.13 bits per heavy atom. The third kappa shape index (κ3) is 1.70. The molecular weight excluding hydrogens is 188 g/mol. The molecule has 3 aliphatic rings. The number of aliphatic carboxylic acids is 1. The van der Waals surface area contributed by atoms with Crippen LogP contribution in [0.2, 0.25) is 0 Å². The van der Waals surface area contributed by atoms with Gasteiger partial charge in [0.1, 0.15) is 0 Å². The molecule has 0 saturated heterocycles. The van der Waals surface area contributed by atoms with E-state index in [4.69, 9.17) is 0 Å². The van der Waals surface area contributed by atoms with Crippen molar-refractivity contribution in [2.75, 3.05) is 0 Å². The molecule has 3 rings (SSSR count). The van der Waals surface area contributed by atoms with Crippen LogP contribution in [0.4, 0.5) is 0 Å². The largest absolute Gasteiger partial charge is 0.481 e. The van der Waals surface area contributed by atoms with Crippen LogP contribution in [0.3, 0.4) is 0 Å². The maximum Gasteiger partial charge on any atom is 0.307 e. The van der Waals surface area contributed by atoms with Crippen molar-refractivity contribution >= 4 is 5.97 Å².